The van der Waals surface area contributed by atoms with Crippen molar-refractivity contribution in [3.8, 4) is 0 Å². The zero-order chi connectivity index (χ0) is 9.64. The van der Waals surface area contributed by atoms with Gasteiger partial charge in [-0.1, -0.05) is 72.8 Å². The first-order valence-corrected chi connectivity index (χ1v) is 4.73. The summed E-state index contributed by atoms with van der Waals surface area (Å²) in [4.78, 5) is 0. The Morgan fingerprint density at radius 3 is 1.20 bits per heavy atom. The summed E-state index contributed by atoms with van der Waals surface area (Å²) in [6, 6.07) is 20.6. The molecule has 4 radical (unpaired) electrons. The number of hydrogen-bond donors (Lipinski definition) is 0. The van der Waals surface area contributed by atoms with Crippen LogP contribution in [0.1, 0.15) is 11.1 Å². The molecule has 0 atom stereocenters. The van der Waals surface area contributed by atoms with Crippen LogP contribution >= 0.6 is 0 Å². The maximum absolute atomic E-state index is 2.12. The second kappa shape index (κ2) is 5.82. The van der Waals surface area contributed by atoms with Gasteiger partial charge in [0, 0.05) is 7.43 Å². The Morgan fingerprint density at radius 2 is 0.867 bits per heavy atom. The molecule has 0 heterocycles. The molecule has 2 aromatic rings. The molecular formula is C15H12. The summed E-state index contributed by atoms with van der Waals surface area (Å²) in [5.41, 5.74) is 2.47. The third kappa shape index (κ3) is 3.43. The van der Waals surface area contributed by atoms with E-state index in [1.807, 2.05) is 36.4 Å². The number of rotatable bonds is 2. The Hall–Kier alpha value is -1.82. The van der Waals surface area contributed by atoms with Crippen molar-refractivity contribution < 1.29 is 0 Å². The largest absolute Gasteiger partial charge is 0.0622 e. The van der Waals surface area contributed by atoms with Crippen LogP contribution in [0.5, 0.6) is 0 Å². The molecule has 15 heavy (non-hydrogen) atoms. The molecule has 0 aliphatic carbocycles. The van der Waals surface area contributed by atoms with Crippen LogP contribution in [-0.2, 0) is 0 Å². The van der Waals surface area contributed by atoms with Crippen LogP contribution < -0.4 is 0 Å². The van der Waals surface area contributed by atoms with Crippen molar-refractivity contribution in [2.24, 2.45) is 0 Å². The Labute approximate surface area is 91.9 Å². The normalized spacial score (nSPS) is 9.87. The molecule has 0 spiro atoms. The van der Waals surface area contributed by atoms with E-state index < -0.39 is 0 Å². The molecule has 0 saturated heterocycles. The highest BCUT2D eigenvalue weighted by Crippen LogP contribution is 2.06. The highest BCUT2D eigenvalue weighted by Gasteiger charge is 1.84. The first kappa shape index (κ1) is 11.3. The lowest BCUT2D eigenvalue weighted by atomic mass is 10.1. The lowest BCUT2D eigenvalue weighted by molar-refractivity contribution is 1.65. The SMILES string of the molecule is C(=Cc1ccccc1)c1ccccc1.[C]. The minimum atomic E-state index is 0. The number of benzene rings is 2. The van der Waals surface area contributed by atoms with Gasteiger partial charge >= 0.3 is 0 Å². The second-order valence-electron chi connectivity index (χ2n) is 3.15. The van der Waals surface area contributed by atoms with Crippen molar-refractivity contribution in [3.05, 3.63) is 79.2 Å². The lowest BCUT2D eigenvalue weighted by Gasteiger charge is -1.92. The van der Waals surface area contributed by atoms with Crippen molar-refractivity contribution in [1.82, 2.24) is 0 Å². The zero-order valence-corrected chi connectivity index (χ0v) is 8.43. The molecule has 0 unspecified atom stereocenters. The topological polar surface area (TPSA) is 0 Å². The fraction of sp³-hybridized carbons (Fsp3) is 0. The molecule has 2 aromatic carbocycles. The third-order valence-electron chi connectivity index (χ3n) is 2.07. The lowest BCUT2D eigenvalue weighted by Crippen LogP contribution is -1.70. The van der Waals surface area contributed by atoms with Crippen LogP contribution in [0.3, 0.4) is 0 Å². The van der Waals surface area contributed by atoms with Crippen molar-refractivity contribution in [3.63, 3.8) is 0 Å². The van der Waals surface area contributed by atoms with Crippen molar-refractivity contribution in [2.75, 3.05) is 0 Å². The Kier molecular flexibility index (Phi) is 4.36. The summed E-state index contributed by atoms with van der Waals surface area (Å²) in [5, 5.41) is 0. The van der Waals surface area contributed by atoms with Crippen LogP contribution in [0, 0.1) is 7.43 Å². The molecule has 0 aromatic heterocycles. The van der Waals surface area contributed by atoms with E-state index in [0.29, 0.717) is 0 Å². The van der Waals surface area contributed by atoms with Gasteiger partial charge in [-0.15, -0.1) is 0 Å². The van der Waals surface area contributed by atoms with Gasteiger partial charge in [0.2, 0.25) is 0 Å². The van der Waals surface area contributed by atoms with Crippen molar-refractivity contribution >= 4 is 12.2 Å². The Bertz CT molecular complexity index is 357. The average molecular weight is 192 g/mol. The summed E-state index contributed by atoms with van der Waals surface area (Å²) in [6.45, 7) is 0. The van der Waals surface area contributed by atoms with Gasteiger partial charge in [-0.05, 0) is 11.1 Å². The molecule has 0 fully saturated rings. The maximum Gasteiger partial charge on any atom is 0 e. The van der Waals surface area contributed by atoms with Gasteiger partial charge in [0.25, 0.3) is 0 Å². The molecular weight excluding hydrogens is 180 g/mol. The molecule has 72 valence electrons. The Morgan fingerprint density at radius 1 is 0.533 bits per heavy atom. The molecule has 0 N–H and O–H groups in total. The van der Waals surface area contributed by atoms with E-state index in [0.717, 1.165) is 0 Å². The predicted molar refractivity (Wildman–Crippen MR) is 65.1 cm³/mol. The predicted octanol–water partition coefficient (Wildman–Crippen LogP) is 3.94. The smallest absolute Gasteiger partial charge is 0 e. The van der Waals surface area contributed by atoms with E-state index in [1.54, 1.807) is 0 Å². The monoisotopic (exact) mass is 192 g/mol. The quantitative estimate of drug-likeness (QED) is 0.632. The molecule has 0 heteroatoms. The maximum atomic E-state index is 2.12. The van der Waals surface area contributed by atoms with Gasteiger partial charge < -0.3 is 0 Å². The summed E-state index contributed by atoms with van der Waals surface area (Å²) in [6.07, 6.45) is 4.24. The zero-order valence-electron chi connectivity index (χ0n) is 8.43. The van der Waals surface area contributed by atoms with Crippen LogP contribution in [0.15, 0.2) is 60.7 Å². The second-order valence-corrected chi connectivity index (χ2v) is 3.15. The number of hydrogen-bond acceptors (Lipinski definition) is 0. The molecule has 0 aliphatic heterocycles. The average Bonchev–Trinajstić information content (AvgIpc) is 2.29. The van der Waals surface area contributed by atoms with E-state index in [1.165, 1.54) is 11.1 Å². The fourth-order valence-corrected chi connectivity index (χ4v) is 1.32. The van der Waals surface area contributed by atoms with E-state index in [-0.39, 0.29) is 7.43 Å². The minimum absolute atomic E-state index is 0. The molecule has 0 nitrogen and oxygen atoms in total. The van der Waals surface area contributed by atoms with Crippen molar-refractivity contribution in [2.45, 2.75) is 0 Å². The first-order chi connectivity index (χ1) is 6.95. The van der Waals surface area contributed by atoms with E-state index in [2.05, 4.69) is 36.4 Å². The summed E-state index contributed by atoms with van der Waals surface area (Å²) in [7, 11) is 0. The van der Waals surface area contributed by atoms with Gasteiger partial charge in [-0.3, -0.25) is 0 Å². The standard InChI is InChI=1S/C14H12.C/c1-3-7-13(8-4-1)11-12-14-9-5-2-6-10-14;/h1-12H;. The van der Waals surface area contributed by atoms with E-state index in [9.17, 15) is 0 Å². The van der Waals surface area contributed by atoms with Crippen LogP contribution in [0.2, 0.25) is 0 Å². The highest BCUT2D eigenvalue weighted by molar-refractivity contribution is 5.69. The summed E-state index contributed by atoms with van der Waals surface area (Å²) < 4.78 is 0. The highest BCUT2D eigenvalue weighted by atomic mass is 13.9. The van der Waals surface area contributed by atoms with Crippen LogP contribution in [-0.4, -0.2) is 0 Å². The van der Waals surface area contributed by atoms with Crippen LogP contribution in [0.4, 0.5) is 0 Å². The molecule has 0 aliphatic rings. The van der Waals surface area contributed by atoms with Gasteiger partial charge in [0.15, 0.2) is 0 Å². The molecule has 0 amide bonds. The van der Waals surface area contributed by atoms with Crippen LogP contribution in [0.25, 0.3) is 12.2 Å². The molecule has 0 saturated carbocycles. The van der Waals surface area contributed by atoms with Gasteiger partial charge in [0.1, 0.15) is 0 Å². The van der Waals surface area contributed by atoms with Gasteiger partial charge in [-0.2, -0.15) is 0 Å². The van der Waals surface area contributed by atoms with Gasteiger partial charge in [0.05, 0.1) is 0 Å². The Balaban J connectivity index is 0.00000112. The first-order valence-electron chi connectivity index (χ1n) is 4.73. The summed E-state index contributed by atoms with van der Waals surface area (Å²) >= 11 is 0. The van der Waals surface area contributed by atoms with Crippen molar-refractivity contribution in [1.29, 1.82) is 0 Å². The minimum Gasteiger partial charge on any atom is -0.0622 e. The molecule has 2 rings (SSSR count). The molecule has 0 bridgehead atoms. The van der Waals surface area contributed by atoms with Gasteiger partial charge in [-0.25, -0.2) is 0 Å². The summed E-state index contributed by atoms with van der Waals surface area (Å²) in [5.74, 6) is 0. The van der Waals surface area contributed by atoms with E-state index in [4.69, 9.17) is 0 Å². The third-order valence-corrected chi connectivity index (χ3v) is 2.07. The fourth-order valence-electron chi connectivity index (χ4n) is 1.32. The van der Waals surface area contributed by atoms with E-state index >= 15 is 0 Å².